The Morgan fingerprint density at radius 1 is 1.36 bits per heavy atom. The molecule has 84 valence electrons. The molecule has 1 saturated carbocycles. The average molecular weight is 198 g/mol. The summed E-state index contributed by atoms with van der Waals surface area (Å²) in [5, 5.41) is 3.39. The van der Waals surface area contributed by atoms with Crippen LogP contribution in [0.5, 0.6) is 0 Å². The molecule has 0 saturated heterocycles. The van der Waals surface area contributed by atoms with E-state index in [0.717, 1.165) is 18.0 Å². The molecule has 1 N–H and O–H groups in total. The van der Waals surface area contributed by atoms with Gasteiger partial charge in [0.15, 0.2) is 0 Å². The summed E-state index contributed by atoms with van der Waals surface area (Å²) in [6.45, 7) is 5.87. The predicted molar refractivity (Wildman–Crippen MR) is 62.6 cm³/mol. The smallest absolute Gasteiger partial charge is 0.0108 e. The first-order valence-electron chi connectivity index (χ1n) is 6.01. The molecule has 1 fully saturated rings. The van der Waals surface area contributed by atoms with E-state index >= 15 is 0 Å². The van der Waals surface area contributed by atoms with Gasteiger partial charge in [0.05, 0.1) is 0 Å². The Hall–Kier alpha value is -0.0800. The highest BCUT2D eigenvalue weighted by molar-refractivity contribution is 4.84. The highest BCUT2D eigenvalue weighted by Gasteiger charge is 2.25. The molecule has 14 heavy (non-hydrogen) atoms. The molecule has 1 aliphatic carbocycles. The number of hydrogen-bond donors (Lipinski definition) is 1. The van der Waals surface area contributed by atoms with Crippen molar-refractivity contribution in [2.75, 3.05) is 20.6 Å². The standard InChI is InChI=1S/C12H26N2/c1-10(2)7-8-14(4)12-6-5-11(9-12)13-3/h10-13H,5-9H2,1-4H3. The van der Waals surface area contributed by atoms with E-state index in [9.17, 15) is 0 Å². The van der Waals surface area contributed by atoms with Crippen LogP contribution < -0.4 is 5.32 Å². The van der Waals surface area contributed by atoms with E-state index in [1.165, 1.54) is 32.2 Å². The minimum Gasteiger partial charge on any atom is -0.317 e. The van der Waals surface area contributed by atoms with E-state index in [-0.39, 0.29) is 0 Å². The number of rotatable bonds is 5. The normalized spacial score (nSPS) is 27.9. The Kier molecular flexibility index (Phi) is 4.90. The Labute approximate surface area is 89.1 Å². The minimum atomic E-state index is 0.765. The van der Waals surface area contributed by atoms with Crippen molar-refractivity contribution in [3.05, 3.63) is 0 Å². The lowest BCUT2D eigenvalue weighted by Gasteiger charge is -2.25. The van der Waals surface area contributed by atoms with Gasteiger partial charge in [-0.25, -0.2) is 0 Å². The SMILES string of the molecule is CNC1CCC(N(C)CCC(C)C)C1. The maximum atomic E-state index is 3.39. The van der Waals surface area contributed by atoms with Gasteiger partial charge >= 0.3 is 0 Å². The molecule has 0 bridgehead atoms. The molecule has 1 rings (SSSR count). The second-order valence-electron chi connectivity index (χ2n) is 5.12. The molecule has 2 heteroatoms. The Bertz CT molecular complexity index is 156. The molecule has 0 aromatic heterocycles. The first-order valence-corrected chi connectivity index (χ1v) is 6.01. The minimum absolute atomic E-state index is 0.765. The topological polar surface area (TPSA) is 15.3 Å². The maximum absolute atomic E-state index is 3.39. The summed E-state index contributed by atoms with van der Waals surface area (Å²) < 4.78 is 0. The summed E-state index contributed by atoms with van der Waals surface area (Å²) in [5.74, 6) is 0.832. The second-order valence-corrected chi connectivity index (χ2v) is 5.12. The number of nitrogens with one attached hydrogen (secondary N) is 1. The van der Waals surface area contributed by atoms with E-state index in [2.05, 4.69) is 38.2 Å². The van der Waals surface area contributed by atoms with Gasteiger partial charge in [-0.1, -0.05) is 13.8 Å². The van der Waals surface area contributed by atoms with Crippen LogP contribution in [0.4, 0.5) is 0 Å². The van der Waals surface area contributed by atoms with Gasteiger partial charge in [-0.05, 0) is 52.2 Å². The average Bonchev–Trinajstić information content (AvgIpc) is 2.62. The lowest BCUT2D eigenvalue weighted by molar-refractivity contribution is 0.229. The predicted octanol–water partition coefficient (Wildman–Crippen LogP) is 2.10. The van der Waals surface area contributed by atoms with Crippen molar-refractivity contribution in [3.63, 3.8) is 0 Å². The molecule has 0 aromatic carbocycles. The fourth-order valence-electron chi connectivity index (χ4n) is 2.26. The Morgan fingerprint density at radius 3 is 2.57 bits per heavy atom. The summed E-state index contributed by atoms with van der Waals surface area (Å²) in [6, 6.07) is 1.59. The van der Waals surface area contributed by atoms with Crippen molar-refractivity contribution in [1.29, 1.82) is 0 Å². The van der Waals surface area contributed by atoms with E-state index < -0.39 is 0 Å². The van der Waals surface area contributed by atoms with Gasteiger partial charge < -0.3 is 10.2 Å². The van der Waals surface area contributed by atoms with Gasteiger partial charge in [-0.15, -0.1) is 0 Å². The first-order chi connectivity index (χ1) is 6.63. The molecule has 0 heterocycles. The van der Waals surface area contributed by atoms with Crippen molar-refractivity contribution in [2.45, 2.75) is 51.6 Å². The fraction of sp³-hybridized carbons (Fsp3) is 1.00. The molecule has 2 atom stereocenters. The van der Waals surface area contributed by atoms with Gasteiger partial charge in [-0.3, -0.25) is 0 Å². The van der Waals surface area contributed by atoms with Crippen LogP contribution in [0.3, 0.4) is 0 Å². The highest BCUT2D eigenvalue weighted by atomic mass is 15.1. The van der Waals surface area contributed by atoms with Crippen LogP contribution in [0.2, 0.25) is 0 Å². The van der Waals surface area contributed by atoms with E-state index in [1.54, 1.807) is 0 Å². The van der Waals surface area contributed by atoms with Crippen LogP contribution >= 0.6 is 0 Å². The first kappa shape index (κ1) is 12.0. The number of nitrogens with zero attached hydrogens (tertiary/aromatic N) is 1. The molecule has 0 spiro atoms. The molecule has 0 aromatic rings. The van der Waals surface area contributed by atoms with Crippen LogP contribution in [0.15, 0.2) is 0 Å². The maximum Gasteiger partial charge on any atom is 0.0108 e. The molecule has 2 unspecified atom stereocenters. The van der Waals surface area contributed by atoms with Crippen LogP contribution in [-0.4, -0.2) is 37.6 Å². The van der Waals surface area contributed by atoms with Crippen molar-refractivity contribution in [1.82, 2.24) is 10.2 Å². The van der Waals surface area contributed by atoms with Gasteiger partial charge in [0.2, 0.25) is 0 Å². The van der Waals surface area contributed by atoms with Gasteiger partial charge in [0, 0.05) is 12.1 Å². The lowest BCUT2D eigenvalue weighted by Crippen LogP contribution is -2.33. The zero-order chi connectivity index (χ0) is 10.6. The van der Waals surface area contributed by atoms with Crippen LogP contribution in [-0.2, 0) is 0 Å². The zero-order valence-electron chi connectivity index (χ0n) is 10.2. The van der Waals surface area contributed by atoms with Crippen molar-refractivity contribution in [3.8, 4) is 0 Å². The van der Waals surface area contributed by atoms with Crippen LogP contribution in [0, 0.1) is 5.92 Å². The summed E-state index contributed by atoms with van der Waals surface area (Å²) >= 11 is 0. The molecular formula is C12H26N2. The summed E-state index contributed by atoms with van der Waals surface area (Å²) in [4.78, 5) is 2.55. The third-order valence-corrected chi connectivity index (χ3v) is 3.50. The third-order valence-electron chi connectivity index (χ3n) is 3.50. The van der Waals surface area contributed by atoms with Crippen LogP contribution in [0.25, 0.3) is 0 Å². The molecular weight excluding hydrogens is 172 g/mol. The number of hydrogen-bond acceptors (Lipinski definition) is 2. The van der Waals surface area contributed by atoms with Gasteiger partial charge in [0.1, 0.15) is 0 Å². The summed E-state index contributed by atoms with van der Waals surface area (Å²) in [5.41, 5.74) is 0. The summed E-state index contributed by atoms with van der Waals surface area (Å²) in [6.07, 6.45) is 5.40. The molecule has 0 amide bonds. The van der Waals surface area contributed by atoms with Gasteiger partial charge in [-0.2, -0.15) is 0 Å². The van der Waals surface area contributed by atoms with E-state index in [1.807, 2.05) is 0 Å². The Morgan fingerprint density at radius 2 is 2.07 bits per heavy atom. The van der Waals surface area contributed by atoms with Gasteiger partial charge in [0.25, 0.3) is 0 Å². The highest BCUT2D eigenvalue weighted by Crippen LogP contribution is 2.23. The molecule has 0 radical (unpaired) electrons. The quantitative estimate of drug-likeness (QED) is 0.728. The second kappa shape index (κ2) is 5.72. The monoisotopic (exact) mass is 198 g/mol. The Balaban J connectivity index is 2.21. The molecule has 1 aliphatic rings. The lowest BCUT2D eigenvalue weighted by atomic mass is 10.1. The van der Waals surface area contributed by atoms with Crippen molar-refractivity contribution < 1.29 is 0 Å². The zero-order valence-corrected chi connectivity index (χ0v) is 10.2. The van der Waals surface area contributed by atoms with E-state index in [4.69, 9.17) is 0 Å². The van der Waals surface area contributed by atoms with Crippen LogP contribution in [0.1, 0.15) is 39.5 Å². The molecule has 0 aliphatic heterocycles. The van der Waals surface area contributed by atoms with Crippen molar-refractivity contribution in [2.24, 2.45) is 5.92 Å². The summed E-state index contributed by atoms with van der Waals surface area (Å²) in [7, 11) is 4.37. The molecule has 2 nitrogen and oxygen atoms in total. The third kappa shape index (κ3) is 3.58. The fourth-order valence-corrected chi connectivity index (χ4v) is 2.26. The largest absolute Gasteiger partial charge is 0.317 e. The van der Waals surface area contributed by atoms with Crippen molar-refractivity contribution >= 4 is 0 Å². The van der Waals surface area contributed by atoms with E-state index in [0.29, 0.717) is 0 Å².